The van der Waals surface area contributed by atoms with Gasteiger partial charge in [-0.3, -0.25) is 0 Å². The van der Waals surface area contributed by atoms with Crippen molar-refractivity contribution in [3.63, 3.8) is 0 Å². The minimum absolute atomic E-state index is 0.588. The summed E-state index contributed by atoms with van der Waals surface area (Å²) in [6, 6.07) is 19.1. The Morgan fingerprint density at radius 1 is 0.935 bits per heavy atom. The molecule has 1 aliphatic carbocycles. The van der Waals surface area contributed by atoms with Crippen LogP contribution in [0.5, 0.6) is 0 Å². The molecule has 0 atom stereocenters. The number of ether oxygens (including phenoxy) is 1. The average molecular weight is 413 g/mol. The molecule has 0 saturated heterocycles. The summed E-state index contributed by atoms with van der Waals surface area (Å²) < 4.78 is 7.07. The van der Waals surface area contributed by atoms with E-state index in [9.17, 15) is 0 Å². The number of aromatic nitrogens is 4. The Bertz CT molecular complexity index is 1180. The van der Waals surface area contributed by atoms with Crippen molar-refractivity contribution in [2.75, 3.05) is 25.6 Å². The van der Waals surface area contributed by atoms with Crippen LogP contribution in [0.25, 0.3) is 28.2 Å². The number of fused-ring (bicyclic) bond motifs is 1. The van der Waals surface area contributed by atoms with E-state index in [0.29, 0.717) is 24.8 Å². The van der Waals surface area contributed by atoms with Gasteiger partial charge in [-0.1, -0.05) is 61.0 Å². The summed E-state index contributed by atoms with van der Waals surface area (Å²) in [6.07, 6.45) is 3.73. The molecule has 1 saturated carbocycles. The van der Waals surface area contributed by atoms with Gasteiger partial charge >= 0.3 is 0 Å². The number of nitrogens with one attached hydrogen (secondary N) is 1. The quantitative estimate of drug-likeness (QED) is 0.436. The largest absolute Gasteiger partial charge is 0.383 e. The average Bonchev–Trinajstić information content (AvgIpc) is 3.13. The Kier molecular flexibility index (Phi) is 5.38. The highest BCUT2D eigenvalue weighted by atomic mass is 16.5. The van der Waals surface area contributed by atoms with Gasteiger partial charge in [0.05, 0.1) is 17.9 Å². The Morgan fingerprint density at radius 2 is 1.68 bits per heavy atom. The molecule has 1 aliphatic rings. The molecule has 1 N–H and O–H groups in total. The number of hydrogen-bond acceptors (Lipinski definition) is 5. The van der Waals surface area contributed by atoms with E-state index in [4.69, 9.17) is 9.72 Å². The molecule has 2 aromatic heterocycles. The predicted molar refractivity (Wildman–Crippen MR) is 123 cm³/mol. The highest BCUT2D eigenvalue weighted by Crippen LogP contribution is 2.39. The molecule has 0 bridgehead atoms. The molecular formula is C25H26N5O. The smallest absolute Gasteiger partial charge is 0.254 e. The number of methoxy groups -OCH3 is 1. The predicted octanol–water partition coefficient (Wildman–Crippen LogP) is 4.93. The van der Waals surface area contributed by atoms with Crippen LogP contribution in [0.15, 0.2) is 54.6 Å². The van der Waals surface area contributed by atoms with Crippen LogP contribution in [0.3, 0.4) is 0 Å². The maximum atomic E-state index is 5.27. The highest BCUT2D eigenvalue weighted by Gasteiger charge is 2.22. The van der Waals surface area contributed by atoms with Crippen molar-refractivity contribution >= 4 is 11.6 Å². The molecule has 0 spiro atoms. The van der Waals surface area contributed by atoms with Crippen molar-refractivity contribution in [1.29, 1.82) is 0 Å². The Morgan fingerprint density at radius 3 is 2.35 bits per heavy atom. The summed E-state index contributed by atoms with van der Waals surface area (Å²) in [6.45, 7) is 3.14. The van der Waals surface area contributed by atoms with E-state index < -0.39 is 0 Å². The number of hydrogen-bond donors (Lipinski definition) is 1. The maximum absolute atomic E-state index is 5.27. The van der Waals surface area contributed by atoms with Crippen LogP contribution in [0.2, 0.25) is 0 Å². The summed E-state index contributed by atoms with van der Waals surface area (Å²) in [5.41, 5.74) is 5.40. The number of benzene rings is 2. The first-order valence-corrected chi connectivity index (χ1v) is 10.8. The monoisotopic (exact) mass is 412 g/mol. The van der Waals surface area contributed by atoms with Crippen LogP contribution in [-0.2, 0) is 4.74 Å². The van der Waals surface area contributed by atoms with Crippen molar-refractivity contribution in [1.82, 2.24) is 19.6 Å². The minimum Gasteiger partial charge on any atom is -0.383 e. The zero-order valence-corrected chi connectivity index (χ0v) is 17.9. The Hall–Kier alpha value is -3.25. The topological polar surface area (TPSA) is 64.3 Å². The molecule has 157 valence electrons. The normalized spacial score (nSPS) is 14.0. The highest BCUT2D eigenvalue weighted by molar-refractivity contribution is 5.89. The molecule has 6 nitrogen and oxygen atoms in total. The summed E-state index contributed by atoms with van der Waals surface area (Å²) in [5.74, 6) is 3.70. The van der Waals surface area contributed by atoms with Crippen molar-refractivity contribution < 1.29 is 4.74 Å². The van der Waals surface area contributed by atoms with Crippen LogP contribution in [0.4, 0.5) is 5.82 Å². The SMILES string of the molecule is COCCNc1c(-c2ccccc2)c(-c2ccc([C]3CCC3)cc2)nc2nc(C)nn12. The van der Waals surface area contributed by atoms with Crippen molar-refractivity contribution in [2.24, 2.45) is 0 Å². The van der Waals surface area contributed by atoms with Crippen LogP contribution >= 0.6 is 0 Å². The summed E-state index contributed by atoms with van der Waals surface area (Å²) >= 11 is 0. The van der Waals surface area contributed by atoms with Gasteiger partial charge in [-0.05, 0) is 30.9 Å². The van der Waals surface area contributed by atoms with Crippen LogP contribution in [-0.4, -0.2) is 39.8 Å². The number of nitrogens with zero attached hydrogens (tertiary/aromatic N) is 4. The molecule has 0 aliphatic heterocycles. The molecule has 5 rings (SSSR count). The van der Waals surface area contributed by atoms with E-state index in [2.05, 4.69) is 51.8 Å². The second-order valence-corrected chi connectivity index (χ2v) is 7.87. The van der Waals surface area contributed by atoms with Crippen molar-refractivity contribution in [3.05, 3.63) is 71.9 Å². The molecule has 0 amide bonds. The van der Waals surface area contributed by atoms with Gasteiger partial charge in [0.2, 0.25) is 0 Å². The zero-order chi connectivity index (χ0) is 21.2. The van der Waals surface area contributed by atoms with E-state index in [1.807, 2.05) is 25.1 Å². The molecule has 31 heavy (non-hydrogen) atoms. The maximum Gasteiger partial charge on any atom is 0.254 e. The van der Waals surface area contributed by atoms with Crippen molar-refractivity contribution in [2.45, 2.75) is 26.2 Å². The van der Waals surface area contributed by atoms with E-state index in [0.717, 1.165) is 28.2 Å². The molecule has 1 radical (unpaired) electrons. The van der Waals surface area contributed by atoms with Crippen LogP contribution in [0.1, 0.15) is 30.7 Å². The zero-order valence-electron chi connectivity index (χ0n) is 17.9. The van der Waals surface area contributed by atoms with Gasteiger partial charge in [0.15, 0.2) is 0 Å². The lowest BCUT2D eigenvalue weighted by molar-refractivity contribution is 0.210. The first-order valence-electron chi connectivity index (χ1n) is 10.8. The summed E-state index contributed by atoms with van der Waals surface area (Å²) in [4.78, 5) is 9.51. The van der Waals surface area contributed by atoms with Gasteiger partial charge in [0, 0.05) is 25.1 Å². The second kappa shape index (κ2) is 8.47. The first-order chi connectivity index (χ1) is 15.2. The summed E-state index contributed by atoms with van der Waals surface area (Å²) in [5, 5.41) is 8.12. The standard InChI is InChI=1S/C25H26N5O/c1-17-27-25-28-23(21-13-11-19(12-14-21)18-9-6-10-18)22(20-7-4-3-5-8-20)24(30(25)29-17)26-15-16-31-2/h3-5,7-8,11-14,26H,6,9-10,15-16H2,1-2H3. The van der Waals surface area contributed by atoms with E-state index in [1.54, 1.807) is 17.5 Å². The number of rotatable bonds is 7. The van der Waals surface area contributed by atoms with Gasteiger partial charge in [0.1, 0.15) is 11.6 Å². The Labute approximate surface area is 182 Å². The van der Waals surface area contributed by atoms with Gasteiger partial charge in [-0.15, -0.1) is 5.10 Å². The van der Waals surface area contributed by atoms with Gasteiger partial charge < -0.3 is 10.1 Å². The van der Waals surface area contributed by atoms with Crippen LogP contribution in [0, 0.1) is 12.8 Å². The molecule has 1 fully saturated rings. The molecule has 0 unspecified atom stereocenters. The van der Waals surface area contributed by atoms with Gasteiger partial charge in [-0.25, -0.2) is 4.98 Å². The lowest BCUT2D eigenvalue weighted by Gasteiger charge is -2.25. The fraction of sp³-hybridized carbons (Fsp3) is 0.280. The second-order valence-electron chi connectivity index (χ2n) is 7.87. The van der Waals surface area contributed by atoms with Gasteiger partial charge in [0.25, 0.3) is 5.78 Å². The molecule has 4 aromatic rings. The fourth-order valence-electron chi connectivity index (χ4n) is 4.03. The lowest BCUT2D eigenvalue weighted by atomic mass is 9.80. The first kappa shape index (κ1) is 19.7. The fourth-order valence-corrected chi connectivity index (χ4v) is 4.03. The van der Waals surface area contributed by atoms with Gasteiger partial charge in [-0.2, -0.15) is 9.50 Å². The summed E-state index contributed by atoms with van der Waals surface area (Å²) in [7, 11) is 1.70. The third-order valence-electron chi connectivity index (χ3n) is 5.78. The van der Waals surface area contributed by atoms with E-state index >= 15 is 0 Å². The third kappa shape index (κ3) is 3.79. The molecule has 2 heterocycles. The lowest BCUT2D eigenvalue weighted by Crippen LogP contribution is -2.14. The van der Waals surface area contributed by atoms with Crippen molar-refractivity contribution in [3.8, 4) is 22.4 Å². The number of anilines is 1. The molecular weight excluding hydrogens is 386 g/mol. The van der Waals surface area contributed by atoms with Crippen LogP contribution < -0.4 is 5.32 Å². The number of aryl methyl sites for hydroxylation is 1. The Balaban J connectivity index is 1.70. The van der Waals surface area contributed by atoms with E-state index in [-0.39, 0.29) is 0 Å². The molecule has 2 aromatic carbocycles. The molecule has 6 heteroatoms. The van der Waals surface area contributed by atoms with E-state index in [1.165, 1.54) is 24.8 Å². The third-order valence-corrected chi connectivity index (χ3v) is 5.78. The minimum atomic E-state index is 0.588.